The normalized spacial score (nSPS) is 39.4. The number of ether oxygens (including phenoxy) is 1. The van der Waals surface area contributed by atoms with Gasteiger partial charge in [0.1, 0.15) is 5.37 Å². The molecule has 3 aliphatic rings. The van der Waals surface area contributed by atoms with Gasteiger partial charge >= 0.3 is 0 Å². The van der Waals surface area contributed by atoms with E-state index in [-0.39, 0.29) is 5.37 Å². The summed E-state index contributed by atoms with van der Waals surface area (Å²) < 4.78 is 28.9. The second kappa shape index (κ2) is 7.78. The van der Waals surface area contributed by atoms with Crippen molar-refractivity contribution in [2.45, 2.75) is 68.6 Å². The highest BCUT2D eigenvalue weighted by Gasteiger charge is 2.33. The zero-order chi connectivity index (χ0) is 16.3. The van der Waals surface area contributed by atoms with Gasteiger partial charge in [0, 0.05) is 32.0 Å². The van der Waals surface area contributed by atoms with Crippen molar-refractivity contribution in [2.24, 2.45) is 5.92 Å². The predicted molar refractivity (Wildman–Crippen MR) is 90.9 cm³/mol. The topological polar surface area (TPSA) is 79.5 Å². The lowest BCUT2D eigenvalue weighted by Gasteiger charge is -2.40. The Hall–Kier alpha value is -0.210. The third-order valence-electron chi connectivity index (χ3n) is 5.53. The summed E-state index contributed by atoms with van der Waals surface area (Å²) >= 11 is 0. The highest BCUT2D eigenvalue weighted by Crippen LogP contribution is 2.26. The Morgan fingerprint density at radius 2 is 2.00 bits per heavy atom. The minimum absolute atomic E-state index is 0.351. The van der Waals surface area contributed by atoms with Crippen LogP contribution in [0, 0.1) is 5.92 Å². The first kappa shape index (κ1) is 17.6. The molecule has 0 aromatic heterocycles. The molecule has 5 unspecified atom stereocenters. The Kier molecular flexibility index (Phi) is 5.96. The first-order chi connectivity index (χ1) is 11.0. The van der Waals surface area contributed by atoms with Gasteiger partial charge in [0.25, 0.3) is 0 Å². The summed E-state index contributed by atoms with van der Waals surface area (Å²) in [6, 6.07) is 0.485. The second-order valence-electron chi connectivity index (χ2n) is 7.36. The molecule has 0 spiro atoms. The minimum Gasteiger partial charge on any atom is -0.377 e. The van der Waals surface area contributed by atoms with Crippen molar-refractivity contribution in [1.82, 2.24) is 16.0 Å². The van der Waals surface area contributed by atoms with Crippen molar-refractivity contribution in [3.05, 3.63) is 0 Å². The van der Waals surface area contributed by atoms with Gasteiger partial charge in [-0.1, -0.05) is 0 Å². The maximum atomic E-state index is 11.6. The van der Waals surface area contributed by atoms with Crippen LogP contribution in [0.4, 0.5) is 0 Å². The number of hydrogen-bond donors (Lipinski definition) is 3. The molecule has 5 atom stereocenters. The van der Waals surface area contributed by atoms with Gasteiger partial charge in [0.15, 0.2) is 9.84 Å². The molecule has 0 aliphatic carbocycles. The fourth-order valence-corrected chi connectivity index (χ4v) is 5.10. The monoisotopic (exact) mass is 345 g/mol. The van der Waals surface area contributed by atoms with Crippen molar-refractivity contribution in [3.8, 4) is 0 Å². The van der Waals surface area contributed by atoms with E-state index in [0.717, 1.165) is 39.0 Å². The summed E-state index contributed by atoms with van der Waals surface area (Å²) in [5.41, 5.74) is 0. The van der Waals surface area contributed by atoms with E-state index >= 15 is 0 Å². The van der Waals surface area contributed by atoms with Gasteiger partial charge in [-0.05, 0) is 50.9 Å². The van der Waals surface area contributed by atoms with Crippen LogP contribution in [0.1, 0.15) is 44.9 Å². The van der Waals surface area contributed by atoms with Gasteiger partial charge in [-0.25, -0.2) is 8.42 Å². The van der Waals surface area contributed by atoms with Crippen LogP contribution >= 0.6 is 0 Å². The van der Waals surface area contributed by atoms with Gasteiger partial charge in [-0.2, -0.15) is 0 Å². The quantitative estimate of drug-likeness (QED) is 0.677. The number of nitrogens with one attached hydrogen (secondary N) is 3. The van der Waals surface area contributed by atoms with Crippen molar-refractivity contribution < 1.29 is 13.2 Å². The van der Waals surface area contributed by atoms with E-state index in [0.29, 0.717) is 24.2 Å². The fourth-order valence-electron chi connectivity index (χ4n) is 4.14. The average Bonchev–Trinajstić information content (AvgIpc) is 3.06. The lowest BCUT2D eigenvalue weighted by atomic mass is 9.86. The van der Waals surface area contributed by atoms with E-state index in [1.165, 1.54) is 31.9 Å². The molecule has 0 saturated carbocycles. The molecule has 3 rings (SSSR count). The summed E-state index contributed by atoms with van der Waals surface area (Å²) in [4.78, 5) is 0. The van der Waals surface area contributed by atoms with Crippen molar-refractivity contribution in [1.29, 1.82) is 0 Å². The standard InChI is InChI=1S/C16H31N3O3S/c1-23(20,21)16-8-7-12(10-18-16)14-5-2-6-15(19-14)17-11-13-4-3-9-22-13/h12-19H,2-11H2,1H3. The average molecular weight is 346 g/mol. The Labute approximate surface area is 140 Å². The molecule has 3 fully saturated rings. The predicted octanol–water partition coefficient (Wildman–Crippen LogP) is 0.594. The molecule has 6 nitrogen and oxygen atoms in total. The maximum absolute atomic E-state index is 11.6. The van der Waals surface area contributed by atoms with E-state index in [9.17, 15) is 8.42 Å². The summed E-state index contributed by atoms with van der Waals surface area (Å²) in [6.07, 6.45) is 9.72. The zero-order valence-electron chi connectivity index (χ0n) is 14.1. The van der Waals surface area contributed by atoms with Gasteiger partial charge in [-0.15, -0.1) is 0 Å². The van der Waals surface area contributed by atoms with E-state index in [2.05, 4.69) is 16.0 Å². The van der Waals surface area contributed by atoms with E-state index in [1.807, 2.05) is 0 Å². The first-order valence-electron chi connectivity index (χ1n) is 9.05. The van der Waals surface area contributed by atoms with Gasteiger partial charge in [0.2, 0.25) is 0 Å². The molecule has 0 aromatic carbocycles. The third kappa shape index (κ3) is 4.89. The van der Waals surface area contributed by atoms with Crippen LogP contribution in [0.3, 0.4) is 0 Å². The van der Waals surface area contributed by atoms with Crippen molar-refractivity contribution >= 4 is 9.84 Å². The molecule has 3 N–H and O–H groups in total. The summed E-state index contributed by atoms with van der Waals surface area (Å²) in [7, 11) is -2.97. The van der Waals surface area contributed by atoms with Gasteiger partial charge < -0.3 is 10.1 Å². The number of rotatable bonds is 5. The smallest absolute Gasteiger partial charge is 0.163 e. The Morgan fingerprint density at radius 3 is 2.65 bits per heavy atom. The second-order valence-corrected chi connectivity index (χ2v) is 9.59. The van der Waals surface area contributed by atoms with Crippen LogP contribution in [0.25, 0.3) is 0 Å². The Bertz CT molecular complexity index is 471. The van der Waals surface area contributed by atoms with E-state index in [4.69, 9.17) is 4.74 Å². The van der Waals surface area contributed by atoms with Crippen LogP contribution in [0.2, 0.25) is 0 Å². The number of piperidine rings is 2. The van der Waals surface area contributed by atoms with Crippen molar-refractivity contribution in [3.63, 3.8) is 0 Å². The number of hydrogen-bond acceptors (Lipinski definition) is 6. The highest BCUT2D eigenvalue weighted by molar-refractivity contribution is 7.91. The van der Waals surface area contributed by atoms with Crippen LogP contribution in [0.15, 0.2) is 0 Å². The largest absolute Gasteiger partial charge is 0.377 e. The van der Waals surface area contributed by atoms with Crippen LogP contribution in [0.5, 0.6) is 0 Å². The first-order valence-corrected chi connectivity index (χ1v) is 11.0. The molecule has 3 heterocycles. The molecule has 0 aromatic rings. The van der Waals surface area contributed by atoms with Gasteiger partial charge in [-0.3, -0.25) is 10.6 Å². The molecule has 23 heavy (non-hydrogen) atoms. The summed E-state index contributed by atoms with van der Waals surface area (Å²) in [6.45, 7) is 2.64. The molecule has 0 radical (unpaired) electrons. The molecular formula is C16H31N3O3S. The summed E-state index contributed by atoms with van der Waals surface area (Å²) in [5.74, 6) is 0.528. The molecule has 3 aliphatic heterocycles. The van der Waals surface area contributed by atoms with E-state index < -0.39 is 9.84 Å². The number of sulfone groups is 1. The Morgan fingerprint density at radius 1 is 1.13 bits per heavy atom. The minimum atomic E-state index is -2.97. The highest BCUT2D eigenvalue weighted by atomic mass is 32.2. The van der Waals surface area contributed by atoms with Crippen molar-refractivity contribution in [2.75, 3.05) is 26.0 Å². The van der Waals surface area contributed by atoms with Gasteiger partial charge in [0.05, 0.1) is 12.3 Å². The van der Waals surface area contributed by atoms with E-state index in [1.54, 1.807) is 0 Å². The lowest BCUT2D eigenvalue weighted by molar-refractivity contribution is 0.100. The molecular weight excluding hydrogens is 314 g/mol. The molecule has 0 amide bonds. The molecule has 0 bridgehead atoms. The Balaban J connectivity index is 1.43. The lowest BCUT2D eigenvalue weighted by Crippen LogP contribution is -2.57. The third-order valence-corrected chi connectivity index (χ3v) is 6.97. The summed E-state index contributed by atoms with van der Waals surface area (Å²) in [5, 5.41) is 10.2. The molecule has 7 heteroatoms. The van der Waals surface area contributed by atoms with Crippen LogP contribution < -0.4 is 16.0 Å². The molecule has 3 saturated heterocycles. The van der Waals surface area contributed by atoms with Crippen LogP contribution in [-0.4, -0.2) is 58.1 Å². The van der Waals surface area contributed by atoms with Crippen LogP contribution in [-0.2, 0) is 14.6 Å². The fraction of sp³-hybridized carbons (Fsp3) is 1.00. The molecule has 134 valence electrons. The zero-order valence-corrected chi connectivity index (χ0v) is 14.9. The maximum Gasteiger partial charge on any atom is 0.163 e. The SMILES string of the molecule is CS(=O)(=O)C1CCC(C2CCCC(NCC3CCCO3)N2)CN1.